The minimum absolute atomic E-state index is 0.00676. The van der Waals surface area contributed by atoms with Crippen molar-refractivity contribution in [2.24, 2.45) is 11.8 Å². The molecule has 1 aromatic rings. The van der Waals surface area contributed by atoms with Gasteiger partial charge >= 0.3 is 5.97 Å². The summed E-state index contributed by atoms with van der Waals surface area (Å²) in [5, 5.41) is 11.2. The largest absolute Gasteiger partial charge is 0.481 e. The first kappa shape index (κ1) is 11.7. The Bertz CT molecular complexity index is 467. The van der Waals surface area contributed by atoms with Crippen LogP contribution < -0.4 is 0 Å². The van der Waals surface area contributed by atoms with Crippen LogP contribution in [0.15, 0.2) is 17.5 Å². The van der Waals surface area contributed by atoms with Gasteiger partial charge in [-0.15, -0.1) is 11.3 Å². The van der Waals surface area contributed by atoms with Gasteiger partial charge in [0, 0.05) is 17.8 Å². The normalized spacial score (nSPS) is 27.8. The average molecular weight is 265 g/mol. The molecule has 2 atom stereocenters. The molecule has 1 aliphatic heterocycles. The van der Waals surface area contributed by atoms with Crippen LogP contribution in [-0.4, -0.2) is 28.4 Å². The van der Waals surface area contributed by atoms with Crippen molar-refractivity contribution in [1.29, 1.82) is 0 Å². The Morgan fingerprint density at radius 2 is 2.28 bits per heavy atom. The molecule has 0 radical (unpaired) electrons. The van der Waals surface area contributed by atoms with E-state index >= 15 is 0 Å². The number of hydrogen-bond acceptors (Lipinski definition) is 3. The van der Waals surface area contributed by atoms with Crippen LogP contribution in [0.1, 0.15) is 30.2 Å². The second-order valence-corrected chi connectivity index (χ2v) is 6.08. The van der Waals surface area contributed by atoms with Gasteiger partial charge in [-0.05, 0) is 30.2 Å². The second kappa shape index (κ2) is 4.39. The quantitative estimate of drug-likeness (QED) is 0.907. The Hall–Kier alpha value is -1.36. The summed E-state index contributed by atoms with van der Waals surface area (Å²) in [4.78, 5) is 26.1. The van der Waals surface area contributed by atoms with Crippen molar-refractivity contribution in [2.75, 3.05) is 6.54 Å². The first-order valence-corrected chi connectivity index (χ1v) is 7.10. The van der Waals surface area contributed by atoms with Gasteiger partial charge in [-0.25, -0.2) is 0 Å². The average Bonchev–Trinajstić information content (AvgIpc) is 2.86. The molecule has 2 aliphatic rings. The highest BCUT2D eigenvalue weighted by atomic mass is 32.1. The summed E-state index contributed by atoms with van der Waals surface area (Å²) in [6.45, 7) is 0.727. The molecule has 1 N–H and O–H groups in total. The molecule has 18 heavy (non-hydrogen) atoms. The Kier molecular flexibility index (Phi) is 2.86. The summed E-state index contributed by atoms with van der Waals surface area (Å²) in [5.41, 5.74) is 0. The monoisotopic (exact) mass is 265 g/mol. The molecular formula is C13H15NO3S. The zero-order valence-electron chi connectivity index (χ0n) is 9.91. The van der Waals surface area contributed by atoms with Crippen molar-refractivity contribution in [1.82, 2.24) is 4.90 Å². The number of carbonyl (C=O) groups excluding carboxylic acids is 1. The molecular weight excluding hydrogens is 250 g/mol. The molecule has 1 saturated heterocycles. The van der Waals surface area contributed by atoms with Gasteiger partial charge in [0.2, 0.25) is 5.91 Å². The molecule has 0 spiro atoms. The molecule has 96 valence electrons. The molecule has 1 aliphatic carbocycles. The summed E-state index contributed by atoms with van der Waals surface area (Å²) in [5.74, 6) is -0.869. The number of thiophene rings is 1. The smallest absolute Gasteiger partial charge is 0.309 e. The number of nitrogens with zero attached hydrogens (tertiary/aromatic N) is 1. The number of amides is 1. The number of likely N-dealkylation sites (tertiary alicyclic amines) is 1. The standard InChI is InChI=1S/C13H15NO3S/c15-11-6-9(13(16)17)12(10-2-1-5-18-10)14(11)7-8-3-4-8/h1-2,5,8-9,12H,3-4,6-7H2,(H,16,17). The molecule has 2 unspecified atom stereocenters. The maximum Gasteiger partial charge on any atom is 0.309 e. The third kappa shape index (κ3) is 2.03. The summed E-state index contributed by atoms with van der Waals surface area (Å²) < 4.78 is 0. The van der Waals surface area contributed by atoms with E-state index in [1.165, 1.54) is 24.2 Å². The van der Waals surface area contributed by atoms with E-state index in [0.29, 0.717) is 5.92 Å². The molecule has 0 aromatic carbocycles. The van der Waals surface area contributed by atoms with Gasteiger partial charge in [0.05, 0.1) is 12.0 Å². The van der Waals surface area contributed by atoms with E-state index in [1.54, 1.807) is 4.90 Å². The fraction of sp³-hybridized carbons (Fsp3) is 0.538. The fourth-order valence-electron chi connectivity index (χ4n) is 2.62. The number of carboxylic acids is 1. The maximum absolute atomic E-state index is 12.0. The van der Waals surface area contributed by atoms with Crippen LogP contribution in [0.4, 0.5) is 0 Å². The van der Waals surface area contributed by atoms with Gasteiger partial charge in [0.15, 0.2) is 0 Å². The number of hydrogen-bond donors (Lipinski definition) is 1. The zero-order valence-corrected chi connectivity index (χ0v) is 10.7. The topological polar surface area (TPSA) is 57.6 Å². The molecule has 2 heterocycles. The lowest BCUT2D eigenvalue weighted by Gasteiger charge is -2.26. The third-order valence-electron chi connectivity index (χ3n) is 3.74. The van der Waals surface area contributed by atoms with Crippen LogP contribution in [0.3, 0.4) is 0 Å². The van der Waals surface area contributed by atoms with Crippen LogP contribution >= 0.6 is 11.3 Å². The van der Waals surface area contributed by atoms with Crippen molar-refractivity contribution in [3.05, 3.63) is 22.4 Å². The van der Waals surface area contributed by atoms with Crippen molar-refractivity contribution < 1.29 is 14.7 Å². The van der Waals surface area contributed by atoms with E-state index in [0.717, 1.165) is 11.4 Å². The third-order valence-corrected chi connectivity index (χ3v) is 4.68. The van der Waals surface area contributed by atoms with Crippen molar-refractivity contribution in [3.8, 4) is 0 Å². The van der Waals surface area contributed by atoms with Gasteiger partial charge in [-0.1, -0.05) is 6.07 Å². The number of aliphatic carboxylic acids is 1. The first-order chi connectivity index (χ1) is 8.66. The van der Waals surface area contributed by atoms with Crippen LogP contribution in [0, 0.1) is 11.8 Å². The number of carbonyl (C=O) groups is 2. The highest BCUT2D eigenvalue weighted by molar-refractivity contribution is 7.10. The predicted octanol–water partition coefficient (Wildman–Crippen LogP) is 2.13. The van der Waals surface area contributed by atoms with Gasteiger partial charge in [0.25, 0.3) is 0 Å². The van der Waals surface area contributed by atoms with E-state index in [4.69, 9.17) is 0 Å². The molecule has 1 amide bonds. The van der Waals surface area contributed by atoms with Crippen molar-refractivity contribution >= 4 is 23.2 Å². The molecule has 2 fully saturated rings. The van der Waals surface area contributed by atoms with Gasteiger partial charge in [-0.3, -0.25) is 9.59 Å². The minimum Gasteiger partial charge on any atom is -0.481 e. The number of rotatable bonds is 4. The van der Waals surface area contributed by atoms with Crippen LogP contribution in [0.2, 0.25) is 0 Å². The summed E-state index contributed by atoms with van der Waals surface area (Å²) >= 11 is 1.54. The lowest BCUT2D eigenvalue weighted by Crippen LogP contribution is -2.31. The fourth-order valence-corrected chi connectivity index (χ4v) is 3.52. The minimum atomic E-state index is -0.861. The Labute approximate surface area is 109 Å². The van der Waals surface area contributed by atoms with Crippen LogP contribution in [0.5, 0.6) is 0 Å². The maximum atomic E-state index is 12.0. The SMILES string of the molecule is O=C(O)C1CC(=O)N(CC2CC2)C1c1cccs1. The Morgan fingerprint density at radius 3 is 2.83 bits per heavy atom. The van der Waals surface area contributed by atoms with E-state index in [2.05, 4.69) is 0 Å². The van der Waals surface area contributed by atoms with Crippen molar-refractivity contribution in [2.45, 2.75) is 25.3 Å². The van der Waals surface area contributed by atoms with Gasteiger partial charge in [0.1, 0.15) is 0 Å². The molecule has 3 rings (SSSR count). The lowest BCUT2D eigenvalue weighted by atomic mass is 9.99. The summed E-state index contributed by atoms with van der Waals surface area (Å²) in [7, 11) is 0. The van der Waals surface area contributed by atoms with E-state index in [1.807, 2.05) is 17.5 Å². The van der Waals surface area contributed by atoms with Crippen LogP contribution in [-0.2, 0) is 9.59 Å². The second-order valence-electron chi connectivity index (χ2n) is 5.10. The first-order valence-electron chi connectivity index (χ1n) is 6.22. The van der Waals surface area contributed by atoms with Crippen LogP contribution in [0.25, 0.3) is 0 Å². The number of carboxylic acid groups (broad SMARTS) is 1. The summed E-state index contributed by atoms with van der Waals surface area (Å²) in [6, 6.07) is 3.59. The highest BCUT2D eigenvalue weighted by Gasteiger charge is 2.46. The molecule has 1 saturated carbocycles. The van der Waals surface area contributed by atoms with E-state index in [-0.39, 0.29) is 18.4 Å². The Morgan fingerprint density at radius 1 is 1.50 bits per heavy atom. The summed E-state index contributed by atoms with van der Waals surface area (Å²) in [6.07, 6.45) is 2.47. The van der Waals surface area contributed by atoms with E-state index in [9.17, 15) is 14.7 Å². The van der Waals surface area contributed by atoms with Gasteiger partial charge < -0.3 is 10.0 Å². The lowest BCUT2D eigenvalue weighted by molar-refractivity contribution is -0.142. The molecule has 5 heteroatoms. The highest BCUT2D eigenvalue weighted by Crippen LogP contribution is 2.43. The van der Waals surface area contributed by atoms with Gasteiger partial charge in [-0.2, -0.15) is 0 Å². The van der Waals surface area contributed by atoms with E-state index < -0.39 is 11.9 Å². The predicted molar refractivity (Wildman–Crippen MR) is 67.2 cm³/mol. The van der Waals surface area contributed by atoms with Crippen molar-refractivity contribution in [3.63, 3.8) is 0 Å². The Balaban J connectivity index is 1.90. The zero-order chi connectivity index (χ0) is 12.7. The molecule has 4 nitrogen and oxygen atoms in total. The molecule has 0 bridgehead atoms. The molecule has 1 aromatic heterocycles.